The third-order valence-electron chi connectivity index (χ3n) is 5.21. The topological polar surface area (TPSA) is 99.0 Å². The molecule has 1 saturated heterocycles. The maximum Gasteiger partial charge on any atom is 0.311 e. The molecule has 1 N–H and O–H groups in total. The van der Waals surface area contributed by atoms with Gasteiger partial charge in [-0.15, -0.1) is 0 Å². The van der Waals surface area contributed by atoms with Gasteiger partial charge in [-0.05, 0) is 30.3 Å². The molecule has 1 aliphatic rings. The molecular weight excluding hydrogens is 436 g/mol. The summed E-state index contributed by atoms with van der Waals surface area (Å²) in [6.45, 7) is 4.45. The molecule has 2 heterocycles. The van der Waals surface area contributed by atoms with Gasteiger partial charge in [0.05, 0.1) is 30.8 Å². The largest absolute Gasteiger partial charge is 0.493 e. The Bertz CT molecular complexity index is 1100. The van der Waals surface area contributed by atoms with Crippen molar-refractivity contribution < 1.29 is 19.1 Å². The summed E-state index contributed by atoms with van der Waals surface area (Å²) in [5, 5.41) is 15.9. The Kier molecular flexibility index (Phi) is 6.89. The van der Waals surface area contributed by atoms with Crippen LogP contribution in [0.25, 0.3) is 10.9 Å². The van der Waals surface area contributed by atoms with Crippen molar-refractivity contribution in [2.75, 3.05) is 51.9 Å². The lowest BCUT2D eigenvalue weighted by atomic mass is 10.1. The molecule has 0 atom stereocenters. The van der Waals surface area contributed by atoms with Gasteiger partial charge in [-0.3, -0.25) is 15.0 Å². The highest BCUT2D eigenvalue weighted by Crippen LogP contribution is 2.39. The van der Waals surface area contributed by atoms with Crippen LogP contribution in [0.15, 0.2) is 42.6 Å². The van der Waals surface area contributed by atoms with E-state index in [9.17, 15) is 10.1 Å². The van der Waals surface area contributed by atoms with E-state index in [2.05, 4.69) is 15.2 Å². The average molecular weight is 459 g/mol. The summed E-state index contributed by atoms with van der Waals surface area (Å²) in [5.74, 6) is 1.01. The molecular formula is C22H23ClN4O5. The SMILES string of the molecule is COc1cc2c(Nc3ccc(Cl)cc3)c([N+](=O)[O-])cnc2cc1OCCN1CCOCC1. The molecule has 1 fully saturated rings. The first-order valence-corrected chi connectivity index (χ1v) is 10.5. The van der Waals surface area contributed by atoms with Gasteiger partial charge in [-0.25, -0.2) is 4.98 Å². The maximum atomic E-state index is 11.7. The summed E-state index contributed by atoms with van der Waals surface area (Å²) < 4.78 is 16.9. The number of anilines is 2. The number of nitro groups is 1. The third-order valence-corrected chi connectivity index (χ3v) is 5.46. The zero-order valence-electron chi connectivity index (χ0n) is 17.5. The lowest BCUT2D eigenvalue weighted by Gasteiger charge is -2.26. The minimum Gasteiger partial charge on any atom is -0.493 e. The molecule has 0 unspecified atom stereocenters. The second-order valence-corrected chi connectivity index (χ2v) is 7.67. The van der Waals surface area contributed by atoms with Gasteiger partial charge in [0.25, 0.3) is 0 Å². The lowest BCUT2D eigenvalue weighted by molar-refractivity contribution is -0.384. The first kappa shape index (κ1) is 22.1. The molecule has 3 aromatic rings. The summed E-state index contributed by atoms with van der Waals surface area (Å²) in [6, 6.07) is 10.4. The molecule has 0 saturated carbocycles. The van der Waals surface area contributed by atoms with Crippen LogP contribution < -0.4 is 14.8 Å². The minimum absolute atomic E-state index is 0.143. The first-order chi connectivity index (χ1) is 15.5. The summed E-state index contributed by atoms with van der Waals surface area (Å²) in [6.07, 6.45) is 1.24. The molecule has 168 valence electrons. The van der Waals surface area contributed by atoms with Crippen LogP contribution in [0.1, 0.15) is 0 Å². The Hall–Kier alpha value is -3.14. The Balaban J connectivity index is 1.64. The molecule has 10 heteroatoms. The van der Waals surface area contributed by atoms with E-state index in [0.29, 0.717) is 45.4 Å². The standard InChI is InChI=1S/C22H23ClN4O5/c1-30-20-12-17-18(13-21(20)32-11-8-26-6-9-31-10-7-26)24-14-19(27(28)29)22(17)25-16-4-2-15(23)3-5-16/h2-5,12-14H,6-11H2,1H3,(H,24,25). The van der Waals surface area contributed by atoms with E-state index in [1.165, 1.54) is 13.3 Å². The van der Waals surface area contributed by atoms with Crippen molar-refractivity contribution in [3.63, 3.8) is 0 Å². The highest BCUT2D eigenvalue weighted by Gasteiger charge is 2.21. The van der Waals surface area contributed by atoms with Crippen LogP contribution in [-0.4, -0.2) is 61.4 Å². The second-order valence-electron chi connectivity index (χ2n) is 7.23. The molecule has 9 nitrogen and oxygen atoms in total. The van der Waals surface area contributed by atoms with Gasteiger partial charge >= 0.3 is 5.69 Å². The number of methoxy groups -OCH3 is 1. The van der Waals surface area contributed by atoms with Crippen molar-refractivity contribution in [1.29, 1.82) is 0 Å². The molecule has 0 aliphatic carbocycles. The summed E-state index contributed by atoms with van der Waals surface area (Å²) in [5.41, 5.74) is 1.39. The molecule has 1 aromatic heterocycles. The van der Waals surface area contributed by atoms with E-state index in [0.717, 1.165) is 32.8 Å². The van der Waals surface area contributed by atoms with E-state index in [1.807, 2.05) is 0 Å². The summed E-state index contributed by atoms with van der Waals surface area (Å²) in [4.78, 5) is 17.7. The fourth-order valence-corrected chi connectivity index (χ4v) is 3.64. The minimum atomic E-state index is -0.468. The zero-order valence-corrected chi connectivity index (χ0v) is 18.3. The van der Waals surface area contributed by atoms with Crippen molar-refractivity contribution in [3.05, 3.63) is 57.7 Å². The molecule has 0 amide bonds. The fourth-order valence-electron chi connectivity index (χ4n) is 3.52. The molecule has 1 aliphatic heterocycles. The van der Waals surface area contributed by atoms with Crippen molar-refractivity contribution in [2.24, 2.45) is 0 Å². The molecule has 32 heavy (non-hydrogen) atoms. The lowest BCUT2D eigenvalue weighted by Crippen LogP contribution is -2.38. The Morgan fingerprint density at radius 2 is 1.97 bits per heavy atom. The number of hydrogen-bond donors (Lipinski definition) is 1. The van der Waals surface area contributed by atoms with Gasteiger partial charge in [0, 0.05) is 41.8 Å². The number of rotatable bonds is 8. The van der Waals surface area contributed by atoms with Gasteiger partial charge in [0.15, 0.2) is 11.5 Å². The van der Waals surface area contributed by atoms with Crippen molar-refractivity contribution in [3.8, 4) is 11.5 Å². The number of morpholine rings is 1. The summed E-state index contributed by atoms with van der Waals surface area (Å²) >= 11 is 5.95. The van der Waals surface area contributed by atoms with Crippen molar-refractivity contribution in [2.45, 2.75) is 0 Å². The Morgan fingerprint density at radius 3 is 2.66 bits per heavy atom. The molecule has 4 rings (SSSR count). The van der Waals surface area contributed by atoms with Gasteiger partial charge < -0.3 is 19.5 Å². The zero-order chi connectivity index (χ0) is 22.5. The van der Waals surface area contributed by atoms with Gasteiger partial charge in [0.1, 0.15) is 18.5 Å². The molecule has 0 spiro atoms. The van der Waals surface area contributed by atoms with Crippen LogP contribution >= 0.6 is 11.6 Å². The van der Waals surface area contributed by atoms with Crippen LogP contribution in [0.5, 0.6) is 11.5 Å². The Labute approximate surface area is 190 Å². The van der Waals surface area contributed by atoms with Crippen LogP contribution in [0.4, 0.5) is 17.1 Å². The molecule has 2 aromatic carbocycles. The molecule has 0 radical (unpaired) electrons. The van der Waals surface area contributed by atoms with Gasteiger partial charge in [-0.1, -0.05) is 11.6 Å². The smallest absolute Gasteiger partial charge is 0.311 e. The van der Waals surface area contributed by atoms with Gasteiger partial charge in [0.2, 0.25) is 0 Å². The predicted octanol–water partition coefficient (Wildman–Crippen LogP) is 4.26. The number of fused-ring (bicyclic) bond motifs is 1. The first-order valence-electron chi connectivity index (χ1n) is 10.2. The maximum absolute atomic E-state index is 11.7. The van der Waals surface area contributed by atoms with Crippen LogP contribution in [-0.2, 0) is 4.74 Å². The predicted molar refractivity (Wildman–Crippen MR) is 122 cm³/mol. The number of halogens is 1. The highest BCUT2D eigenvalue weighted by molar-refractivity contribution is 6.30. The van der Waals surface area contributed by atoms with E-state index in [-0.39, 0.29) is 5.69 Å². The number of ether oxygens (including phenoxy) is 3. The normalized spacial score (nSPS) is 14.3. The molecule has 0 bridgehead atoms. The number of hydrogen-bond acceptors (Lipinski definition) is 8. The number of benzene rings is 2. The van der Waals surface area contributed by atoms with E-state index in [4.69, 9.17) is 25.8 Å². The number of nitrogens with one attached hydrogen (secondary N) is 1. The Morgan fingerprint density at radius 1 is 1.22 bits per heavy atom. The monoisotopic (exact) mass is 458 g/mol. The quantitative estimate of drug-likeness (QED) is 0.395. The number of nitrogens with zero attached hydrogens (tertiary/aromatic N) is 3. The number of pyridine rings is 1. The van der Waals surface area contributed by atoms with E-state index in [1.54, 1.807) is 36.4 Å². The highest BCUT2D eigenvalue weighted by atomic mass is 35.5. The van der Waals surface area contributed by atoms with E-state index >= 15 is 0 Å². The van der Waals surface area contributed by atoms with Crippen molar-refractivity contribution >= 4 is 39.6 Å². The van der Waals surface area contributed by atoms with E-state index < -0.39 is 4.92 Å². The van der Waals surface area contributed by atoms with Crippen molar-refractivity contribution in [1.82, 2.24) is 9.88 Å². The average Bonchev–Trinajstić information content (AvgIpc) is 2.80. The number of aromatic nitrogens is 1. The third kappa shape index (κ3) is 5.01. The van der Waals surface area contributed by atoms with Crippen LogP contribution in [0.2, 0.25) is 5.02 Å². The summed E-state index contributed by atoms with van der Waals surface area (Å²) in [7, 11) is 1.53. The van der Waals surface area contributed by atoms with Crippen LogP contribution in [0, 0.1) is 10.1 Å². The van der Waals surface area contributed by atoms with Crippen LogP contribution in [0.3, 0.4) is 0 Å². The van der Waals surface area contributed by atoms with Gasteiger partial charge in [-0.2, -0.15) is 0 Å². The fraction of sp³-hybridized carbons (Fsp3) is 0.318. The second kappa shape index (κ2) is 9.99.